The van der Waals surface area contributed by atoms with E-state index in [9.17, 15) is 0 Å². The molecule has 3 N–H and O–H groups in total. The standard InChI is InChI=1S/C9H14BrN3S/c1-6(14-2)4-12-9-8(10)3-7(11)5-13-9/h3,5-6H,4,11H2,1-2H3,(H,12,13). The van der Waals surface area contributed by atoms with Crippen molar-refractivity contribution in [3.8, 4) is 0 Å². The summed E-state index contributed by atoms with van der Waals surface area (Å²) in [6.07, 6.45) is 3.74. The summed E-state index contributed by atoms with van der Waals surface area (Å²) in [6.45, 7) is 3.07. The second kappa shape index (κ2) is 5.46. The molecule has 0 aliphatic heterocycles. The highest BCUT2D eigenvalue weighted by atomic mass is 79.9. The Morgan fingerprint density at radius 2 is 2.43 bits per heavy atom. The molecule has 3 nitrogen and oxygen atoms in total. The molecule has 0 bridgehead atoms. The molecule has 5 heteroatoms. The normalized spacial score (nSPS) is 12.5. The van der Waals surface area contributed by atoms with Crippen molar-refractivity contribution in [1.29, 1.82) is 0 Å². The van der Waals surface area contributed by atoms with Gasteiger partial charge in [0.1, 0.15) is 5.82 Å². The summed E-state index contributed by atoms with van der Waals surface area (Å²) >= 11 is 5.23. The minimum absolute atomic E-state index is 0.571. The van der Waals surface area contributed by atoms with Gasteiger partial charge in [-0.15, -0.1) is 0 Å². The van der Waals surface area contributed by atoms with Crippen molar-refractivity contribution in [3.05, 3.63) is 16.7 Å². The van der Waals surface area contributed by atoms with Crippen molar-refractivity contribution in [2.75, 3.05) is 23.9 Å². The minimum Gasteiger partial charge on any atom is -0.397 e. The molecule has 0 radical (unpaired) electrons. The fraction of sp³-hybridized carbons (Fsp3) is 0.444. The zero-order valence-electron chi connectivity index (χ0n) is 8.25. The Morgan fingerprint density at radius 3 is 3.00 bits per heavy atom. The van der Waals surface area contributed by atoms with Gasteiger partial charge in [0.15, 0.2) is 0 Å². The van der Waals surface area contributed by atoms with Crippen LogP contribution in [0.15, 0.2) is 16.7 Å². The minimum atomic E-state index is 0.571. The van der Waals surface area contributed by atoms with Crippen molar-refractivity contribution >= 4 is 39.2 Å². The van der Waals surface area contributed by atoms with Crippen molar-refractivity contribution < 1.29 is 0 Å². The fourth-order valence-electron chi connectivity index (χ4n) is 0.907. The van der Waals surface area contributed by atoms with Crippen molar-refractivity contribution in [2.45, 2.75) is 12.2 Å². The van der Waals surface area contributed by atoms with E-state index in [-0.39, 0.29) is 0 Å². The molecule has 1 heterocycles. The zero-order valence-corrected chi connectivity index (χ0v) is 10.7. The first kappa shape index (κ1) is 11.7. The van der Waals surface area contributed by atoms with Gasteiger partial charge in [-0.3, -0.25) is 0 Å². The van der Waals surface area contributed by atoms with Crippen LogP contribution in [0.5, 0.6) is 0 Å². The van der Waals surface area contributed by atoms with E-state index in [0.29, 0.717) is 10.9 Å². The summed E-state index contributed by atoms with van der Waals surface area (Å²) in [5.74, 6) is 0.847. The molecule has 0 amide bonds. The molecule has 0 saturated heterocycles. The number of rotatable bonds is 4. The number of anilines is 2. The Hall–Kier alpha value is -0.420. The topological polar surface area (TPSA) is 50.9 Å². The second-order valence-electron chi connectivity index (χ2n) is 3.03. The number of aromatic nitrogens is 1. The average molecular weight is 276 g/mol. The van der Waals surface area contributed by atoms with Gasteiger partial charge in [-0.2, -0.15) is 11.8 Å². The van der Waals surface area contributed by atoms with Crippen LogP contribution < -0.4 is 11.1 Å². The van der Waals surface area contributed by atoms with Gasteiger partial charge in [-0.1, -0.05) is 6.92 Å². The number of pyridine rings is 1. The number of thioether (sulfide) groups is 1. The van der Waals surface area contributed by atoms with E-state index < -0.39 is 0 Å². The number of nitrogen functional groups attached to an aromatic ring is 1. The van der Waals surface area contributed by atoms with Gasteiger partial charge in [0.2, 0.25) is 0 Å². The monoisotopic (exact) mass is 275 g/mol. The summed E-state index contributed by atoms with van der Waals surface area (Å²) in [5.41, 5.74) is 6.25. The highest BCUT2D eigenvalue weighted by molar-refractivity contribution is 9.10. The maximum absolute atomic E-state index is 5.59. The lowest BCUT2D eigenvalue weighted by atomic mass is 10.4. The Morgan fingerprint density at radius 1 is 1.71 bits per heavy atom. The Kier molecular flexibility index (Phi) is 4.54. The van der Waals surface area contributed by atoms with Gasteiger partial charge in [0, 0.05) is 11.8 Å². The molecule has 1 unspecified atom stereocenters. The quantitative estimate of drug-likeness (QED) is 0.887. The lowest BCUT2D eigenvalue weighted by molar-refractivity contribution is 0.990. The molecule has 1 aromatic rings. The van der Waals surface area contributed by atoms with Crippen molar-refractivity contribution in [1.82, 2.24) is 4.98 Å². The van der Waals surface area contributed by atoms with Crippen LogP contribution in [0.1, 0.15) is 6.92 Å². The third kappa shape index (κ3) is 3.38. The molecular weight excluding hydrogens is 262 g/mol. The fourth-order valence-corrected chi connectivity index (χ4v) is 1.66. The first-order valence-electron chi connectivity index (χ1n) is 4.31. The summed E-state index contributed by atoms with van der Waals surface area (Å²) in [4.78, 5) is 4.19. The van der Waals surface area contributed by atoms with E-state index in [1.165, 1.54) is 0 Å². The predicted molar refractivity (Wildman–Crippen MR) is 67.8 cm³/mol. The Labute approximate surface area is 97.0 Å². The molecule has 1 aromatic heterocycles. The van der Waals surface area contributed by atoms with E-state index >= 15 is 0 Å². The van der Waals surface area contributed by atoms with Crippen LogP contribution in [-0.2, 0) is 0 Å². The summed E-state index contributed by atoms with van der Waals surface area (Å²) in [6, 6.07) is 1.85. The van der Waals surface area contributed by atoms with Gasteiger partial charge in [-0.05, 0) is 28.3 Å². The molecule has 0 fully saturated rings. The van der Waals surface area contributed by atoms with Crippen LogP contribution in [0.4, 0.5) is 11.5 Å². The van der Waals surface area contributed by atoms with Crippen LogP contribution in [0, 0.1) is 0 Å². The number of nitrogens with two attached hydrogens (primary N) is 1. The Bertz CT molecular complexity index is 306. The zero-order chi connectivity index (χ0) is 10.6. The van der Waals surface area contributed by atoms with E-state index in [1.54, 1.807) is 6.20 Å². The highest BCUT2D eigenvalue weighted by Gasteiger charge is 2.03. The lowest BCUT2D eigenvalue weighted by Crippen LogP contribution is -2.13. The average Bonchev–Trinajstić information content (AvgIpc) is 2.16. The van der Waals surface area contributed by atoms with Crippen molar-refractivity contribution in [2.24, 2.45) is 0 Å². The number of hydrogen-bond donors (Lipinski definition) is 2. The van der Waals surface area contributed by atoms with Gasteiger partial charge in [0.05, 0.1) is 16.4 Å². The van der Waals surface area contributed by atoms with Crippen LogP contribution in [-0.4, -0.2) is 23.0 Å². The first-order chi connectivity index (χ1) is 6.63. The van der Waals surface area contributed by atoms with Crippen LogP contribution in [0.25, 0.3) is 0 Å². The third-order valence-electron chi connectivity index (χ3n) is 1.82. The van der Waals surface area contributed by atoms with Crippen LogP contribution in [0.2, 0.25) is 0 Å². The molecule has 1 rings (SSSR count). The number of nitrogens with zero attached hydrogens (tertiary/aromatic N) is 1. The van der Waals surface area contributed by atoms with Gasteiger partial charge < -0.3 is 11.1 Å². The molecule has 0 saturated carbocycles. The number of hydrogen-bond acceptors (Lipinski definition) is 4. The molecule has 1 atom stereocenters. The number of nitrogens with one attached hydrogen (secondary N) is 1. The van der Waals surface area contributed by atoms with Gasteiger partial charge >= 0.3 is 0 Å². The summed E-state index contributed by atoms with van der Waals surface area (Å²) in [7, 11) is 0. The first-order valence-corrected chi connectivity index (χ1v) is 6.39. The smallest absolute Gasteiger partial charge is 0.140 e. The molecular formula is C9H14BrN3S. The molecule has 0 aromatic carbocycles. The summed E-state index contributed by atoms with van der Waals surface area (Å²) in [5, 5.41) is 3.83. The van der Waals surface area contributed by atoms with E-state index in [4.69, 9.17) is 5.73 Å². The number of halogens is 1. The van der Waals surface area contributed by atoms with E-state index in [2.05, 4.69) is 39.4 Å². The third-order valence-corrected chi connectivity index (χ3v) is 3.40. The summed E-state index contributed by atoms with van der Waals surface area (Å²) < 4.78 is 0.908. The maximum Gasteiger partial charge on any atom is 0.140 e. The maximum atomic E-state index is 5.59. The second-order valence-corrected chi connectivity index (χ2v) is 5.16. The molecule has 78 valence electrons. The van der Waals surface area contributed by atoms with Gasteiger partial charge in [-0.25, -0.2) is 4.98 Å². The Balaban J connectivity index is 2.59. The highest BCUT2D eigenvalue weighted by Crippen LogP contribution is 2.22. The largest absolute Gasteiger partial charge is 0.397 e. The lowest BCUT2D eigenvalue weighted by Gasteiger charge is -2.11. The molecule has 0 aliphatic rings. The molecule has 0 spiro atoms. The molecule has 14 heavy (non-hydrogen) atoms. The predicted octanol–water partition coefficient (Wildman–Crippen LogP) is 2.59. The molecule has 0 aliphatic carbocycles. The SMILES string of the molecule is CSC(C)CNc1ncc(N)cc1Br. The van der Waals surface area contributed by atoms with Gasteiger partial charge in [0.25, 0.3) is 0 Å². The van der Waals surface area contributed by atoms with E-state index in [0.717, 1.165) is 16.8 Å². The van der Waals surface area contributed by atoms with Crippen LogP contribution in [0.3, 0.4) is 0 Å². The van der Waals surface area contributed by atoms with E-state index in [1.807, 2.05) is 17.8 Å². The van der Waals surface area contributed by atoms with Crippen molar-refractivity contribution in [3.63, 3.8) is 0 Å². The van der Waals surface area contributed by atoms with Crippen LogP contribution >= 0.6 is 27.7 Å².